The summed E-state index contributed by atoms with van der Waals surface area (Å²) in [7, 11) is 0. The SMILES string of the molecule is CC(=O)CCc1c(C2c3[nH]c(Cc4[nH]c(C=O)c(C)c4CCO)c(C)c3C(=O)C2C(=O)O)[nH]c(CC2NC(=O)C(C(O)CO)=C2C)c1C. The van der Waals surface area contributed by atoms with Gasteiger partial charge in [-0.2, -0.15) is 0 Å². The second kappa shape index (κ2) is 13.5. The van der Waals surface area contributed by atoms with Crippen molar-refractivity contribution in [3.8, 4) is 0 Å². The summed E-state index contributed by atoms with van der Waals surface area (Å²) in [5, 5.41) is 42.5. The number of Topliss-reactive ketones (excluding diaryl/α,β-unsaturated/α-hetero) is 2. The molecule has 0 aromatic carbocycles. The van der Waals surface area contributed by atoms with E-state index in [4.69, 9.17) is 0 Å². The highest BCUT2D eigenvalue weighted by atomic mass is 16.4. The third-order valence-corrected chi connectivity index (χ3v) is 10.1. The standard InChI is InChI=1S/C35H42N4O9/c1-14(43)6-7-20-16(3)21(10-23-17(4)27(26(44)13-42)34(46)39-23)37-31(20)29-30(35(47)48)33(45)28-18(5)22(38-32(28)29)11-24-19(8-9-40)15(2)25(12-41)36-24/h12,23,26,29-30,36-38,40,42,44H,6-11,13H2,1-5H3,(H,39,46)(H,47,48). The van der Waals surface area contributed by atoms with Crippen LogP contribution in [-0.2, 0) is 40.1 Å². The number of aromatic amines is 3. The zero-order chi connectivity index (χ0) is 35.2. The van der Waals surface area contributed by atoms with Gasteiger partial charge in [0.15, 0.2) is 12.1 Å². The maximum absolute atomic E-state index is 13.9. The van der Waals surface area contributed by atoms with Crippen LogP contribution in [0.4, 0.5) is 0 Å². The number of aliphatic hydroxyl groups excluding tert-OH is 3. The Hall–Kier alpha value is -4.59. The Bertz CT molecular complexity index is 1860. The molecule has 4 atom stereocenters. The Kier molecular flexibility index (Phi) is 9.77. The van der Waals surface area contributed by atoms with E-state index in [2.05, 4.69) is 20.3 Å². The van der Waals surface area contributed by atoms with E-state index in [9.17, 15) is 44.4 Å². The lowest BCUT2D eigenvalue weighted by Gasteiger charge is -2.18. The molecule has 8 N–H and O–H groups in total. The molecule has 1 amide bonds. The van der Waals surface area contributed by atoms with Crippen LogP contribution in [0.25, 0.3) is 0 Å². The van der Waals surface area contributed by atoms with Crippen LogP contribution < -0.4 is 5.32 Å². The number of carbonyl (C=O) groups is 5. The molecule has 1 aliphatic heterocycles. The minimum Gasteiger partial charge on any atom is -0.481 e. The Morgan fingerprint density at radius 2 is 1.58 bits per heavy atom. The maximum Gasteiger partial charge on any atom is 0.315 e. The number of carbonyl (C=O) groups excluding carboxylic acids is 4. The lowest BCUT2D eigenvalue weighted by molar-refractivity contribution is -0.140. The van der Waals surface area contributed by atoms with E-state index in [1.807, 2.05) is 6.92 Å². The van der Waals surface area contributed by atoms with E-state index in [1.54, 1.807) is 20.8 Å². The summed E-state index contributed by atoms with van der Waals surface area (Å²) in [6.45, 7) is 7.85. The van der Waals surface area contributed by atoms with Gasteiger partial charge in [0.05, 0.1) is 24.3 Å². The summed E-state index contributed by atoms with van der Waals surface area (Å²) >= 11 is 0. The van der Waals surface area contributed by atoms with Gasteiger partial charge in [-0.1, -0.05) is 0 Å². The average molecular weight is 663 g/mol. The van der Waals surface area contributed by atoms with Gasteiger partial charge >= 0.3 is 5.97 Å². The number of nitrogens with one attached hydrogen (secondary N) is 4. The summed E-state index contributed by atoms with van der Waals surface area (Å²) in [6, 6.07) is -0.511. The molecule has 3 aromatic rings. The van der Waals surface area contributed by atoms with Gasteiger partial charge in [0.25, 0.3) is 0 Å². The normalized spacial score (nSPS) is 19.6. The van der Waals surface area contributed by atoms with Crippen molar-refractivity contribution in [3.63, 3.8) is 0 Å². The molecule has 0 spiro atoms. The monoisotopic (exact) mass is 662 g/mol. The predicted molar refractivity (Wildman–Crippen MR) is 173 cm³/mol. The first-order valence-corrected chi connectivity index (χ1v) is 16.0. The van der Waals surface area contributed by atoms with Gasteiger partial charge in [-0.3, -0.25) is 19.2 Å². The molecule has 256 valence electrons. The van der Waals surface area contributed by atoms with Crippen LogP contribution in [0.3, 0.4) is 0 Å². The molecule has 0 saturated heterocycles. The summed E-state index contributed by atoms with van der Waals surface area (Å²) in [5.74, 6) is -4.72. The van der Waals surface area contributed by atoms with Gasteiger partial charge in [-0.05, 0) is 80.9 Å². The van der Waals surface area contributed by atoms with E-state index in [0.29, 0.717) is 69.3 Å². The number of amides is 1. The van der Waals surface area contributed by atoms with Crippen LogP contribution in [0.1, 0.15) is 103 Å². The van der Waals surface area contributed by atoms with Gasteiger partial charge < -0.3 is 45.5 Å². The molecule has 0 radical (unpaired) electrons. The van der Waals surface area contributed by atoms with Crippen LogP contribution in [-0.4, -0.2) is 90.5 Å². The van der Waals surface area contributed by atoms with Crippen molar-refractivity contribution in [1.82, 2.24) is 20.3 Å². The molecular formula is C35H42N4O9. The van der Waals surface area contributed by atoms with Crippen LogP contribution in [0.15, 0.2) is 11.1 Å². The highest BCUT2D eigenvalue weighted by Crippen LogP contribution is 2.46. The zero-order valence-electron chi connectivity index (χ0n) is 27.7. The van der Waals surface area contributed by atoms with E-state index in [1.165, 1.54) is 6.92 Å². The molecule has 4 unspecified atom stereocenters. The number of ketones is 2. The fourth-order valence-electron chi connectivity index (χ4n) is 7.49. The largest absolute Gasteiger partial charge is 0.481 e. The van der Waals surface area contributed by atoms with Crippen molar-refractivity contribution in [2.45, 2.75) is 84.8 Å². The average Bonchev–Trinajstić information content (AvgIpc) is 3.77. The van der Waals surface area contributed by atoms with E-state index in [0.717, 1.165) is 23.0 Å². The smallest absolute Gasteiger partial charge is 0.315 e. The molecule has 5 rings (SSSR count). The van der Waals surface area contributed by atoms with Crippen molar-refractivity contribution in [1.29, 1.82) is 0 Å². The summed E-state index contributed by atoms with van der Waals surface area (Å²) < 4.78 is 0. The predicted octanol–water partition coefficient (Wildman–Crippen LogP) is 1.80. The number of aromatic nitrogens is 3. The number of carboxylic acids is 1. The molecule has 0 bridgehead atoms. The number of hydrogen-bond acceptors (Lipinski definition) is 8. The zero-order valence-corrected chi connectivity index (χ0v) is 27.7. The van der Waals surface area contributed by atoms with Crippen LogP contribution in [0, 0.1) is 26.7 Å². The first kappa shape index (κ1) is 34.7. The van der Waals surface area contributed by atoms with Crippen LogP contribution in [0.2, 0.25) is 0 Å². The Balaban J connectivity index is 1.61. The molecule has 1 aliphatic carbocycles. The van der Waals surface area contributed by atoms with Crippen molar-refractivity contribution in [3.05, 3.63) is 78.7 Å². The molecule has 13 nitrogen and oxygen atoms in total. The Labute approximate surface area is 276 Å². The summed E-state index contributed by atoms with van der Waals surface area (Å²) in [4.78, 5) is 72.9. The number of fused-ring (bicyclic) bond motifs is 1. The number of aliphatic hydroxyl groups is 3. The lowest BCUT2D eigenvalue weighted by Crippen LogP contribution is -2.32. The second-order valence-electron chi connectivity index (χ2n) is 12.9. The molecule has 48 heavy (non-hydrogen) atoms. The topological polar surface area (TPSA) is 226 Å². The number of hydrogen-bond donors (Lipinski definition) is 8. The number of rotatable bonds is 14. The molecule has 3 aromatic heterocycles. The minimum absolute atomic E-state index is 0.0573. The highest BCUT2D eigenvalue weighted by Gasteiger charge is 2.49. The molecule has 0 fully saturated rings. The number of aliphatic carboxylic acids is 1. The van der Waals surface area contributed by atoms with Crippen molar-refractivity contribution in [2.24, 2.45) is 5.92 Å². The third-order valence-electron chi connectivity index (χ3n) is 10.1. The first-order chi connectivity index (χ1) is 22.7. The lowest BCUT2D eigenvalue weighted by atomic mass is 9.87. The molecular weight excluding hydrogens is 620 g/mol. The fraction of sp³-hybridized carbons (Fsp3) is 0.457. The van der Waals surface area contributed by atoms with Crippen LogP contribution in [0.5, 0.6) is 0 Å². The van der Waals surface area contributed by atoms with Gasteiger partial charge in [0.2, 0.25) is 5.91 Å². The number of H-pyrrole nitrogens is 3. The van der Waals surface area contributed by atoms with E-state index < -0.39 is 48.2 Å². The van der Waals surface area contributed by atoms with Gasteiger partial charge in [0, 0.05) is 65.5 Å². The van der Waals surface area contributed by atoms with Gasteiger partial charge in [0.1, 0.15) is 17.8 Å². The number of aldehydes is 1. The number of carboxylic acid groups (broad SMARTS) is 1. The van der Waals surface area contributed by atoms with Gasteiger partial charge in [-0.15, -0.1) is 0 Å². The second-order valence-corrected chi connectivity index (χ2v) is 12.9. The fourth-order valence-corrected chi connectivity index (χ4v) is 7.49. The van der Waals surface area contributed by atoms with Gasteiger partial charge in [-0.25, -0.2) is 0 Å². The third kappa shape index (κ3) is 5.86. The van der Waals surface area contributed by atoms with Crippen molar-refractivity contribution < 1.29 is 44.4 Å². The quantitative estimate of drug-likeness (QED) is 0.0929. The summed E-state index contributed by atoms with van der Waals surface area (Å²) in [5.41, 5.74) is 7.98. The Morgan fingerprint density at radius 1 is 0.896 bits per heavy atom. The van der Waals surface area contributed by atoms with Crippen molar-refractivity contribution in [2.75, 3.05) is 13.2 Å². The first-order valence-electron chi connectivity index (χ1n) is 16.0. The van der Waals surface area contributed by atoms with E-state index >= 15 is 0 Å². The molecule has 4 heterocycles. The molecule has 13 heteroatoms. The highest BCUT2D eigenvalue weighted by molar-refractivity contribution is 6.14. The minimum atomic E-state index is -1.43. The van der Waals surface area contributed by atoms with Crippen LogP contribution >= 0.6 is 0 Å². The maximum atomic E-state index is 13.9. The molecule has 2 aliphatic rings. The summed E-state index contributed by atoms with van der Waals surface area (Å²) in [6.07, 6.45) is 0.748. The van der Waals surface area contributed by atoms with E-state index in [-0.39, 0.29) is 37.2 Å². The molecule has 0 saturated carbocycles. The van der Waals surface area contributed by atoms with Crippen molar-refractivity contribution >= 4 is 29.7 Å². The Morgan fingerprint density at radius 3 is 2.19 bits per heavy atom.